The van der Waals surface area contributed by atoms with Gasteiger partial charge in [0.2, 0.25) is 0 Å². The number of carbonyl (C=O) groups excluding carboxylic acids is 1. The van der Waals surface area contributed by atoms with Gasteiger partial charge in [-0.2, -0.15) is 0 Å². The molecule has 1 unspecified atom stereocenters. The lowest BCUT2D eigenvalue weighted by Crippen LogP contribution is -2.50. The predicted octanol–water partition coefficient (Wildman–Crippen LogP) is 5.03. The van der Waals surface area contributed by atoms with Crippen LogP contribution in [0.25, 0.3) is 0 Å². The molecule has 4 fully saturated rings. The highest BCUT2D eigenvalue weighted by molar-refractivity contribution is 5.81. The van der Waals surface area contributed by atoms with Crippen LogP contribution in [-0.2, 0) is 4.79 Å². The van der Waals surface area contributed by atoms with Gasteiger partial charge in [-0.25, -0.2) is 0 Å². The van der Waals surface area contributed by atoms with Gasteiger partial charge >= 0.3 is 5.97 Å². The lowest BCUT2D eigenvalue weighted by Gasteiger charge is -2.58. The second-order valence-electron chi connectivity index (χ2n) is 8.97. The van der Waals surface area contributed by atoms with E-state index in [1.165, 1.54) is 38.5 Å². The molecule has 4 nitrogen and oxygen atoms in total. The monoisotopic (exact) mass is 369 g/mol. The molecule has 27 heavy (non-hydrogen) atoms. The molecule has 4 aliphatic rings. The number of hydrogen-bond donors (Lipinski definition) is 0. The SMILES string of the molecule is CCC(=O)Oc1ccc(C=NC(C)C23CC4CC(CC(C4)C2)C3)cc1OC. The fourth-order valence-electron chi connectivity index (χ4n) is 6.09. The van der Waals surface area contributed by atoms with Gasteiger partial charge in [-0.1, -0.05) is 6.92 Å². The zero-order valence-corrected chi connectivity index (χ0v) is 16.7. The van der Waals surface area contributed by atoms with Crippen molar-refractivity contribution in [2.75, 3.05) is 7.11 Å². The van der Waals surface area contributed by atoms with Crippen LogP contribution in [0.3, 0.4) is 0 Å². The van der Waals surface area contributed by atoms with Crippen LogP contribution in [0.1, 0.15) is 64.4 Å². The highest BCUT2D eigenvalue weighted by Gasteiger charge is 2.53. The molecule has 0 amide bonds. The van der Waals surface area contributed by atoms with Crippen molar-refractivity contribution in [2.45, 2.75) is 64.8 Å². The molecule has 0 saturated heterocycles. The van der Waals surface area contributed by atoms with Gasteiger partial charge in [0.05, 0.1) is 13.2 Å². The van der Waals surface area contributed by atoms with E-state index < -0.39 is 0 Å². The summed E-state index contributed by atoms with van der Waals surface area (Å²) in [5, 5.41) is 0. The molecule has 146 valence electrons. The van der Waals surface area contributed by atoms with E-state index >= 15 is 0 Å². The molecule has 1 aromatic rings. The standard InChI is InChI=1S/C23H31NO3/c1-4-22(25)27-20-6-5-16(10-21(20)26-3)14-24-15(2)23-11-17-7-18(12-23)9-19(8-17)13-23/h5-6,10,14-15,17-19H,4,7-9,11-13H2,1-3H3. The van der Waals surface area contributed by atoms with E-state index in [9.17, 15) is 4.79 Å². The van der Waals surface area contributed by atoms with Crippen LogP contribution in [-0.4, -0.2) is 25.3 Å². The molecule has 0 aromatic heterocycles. The lowest BCUT2D eigenvalue weighted by molar-refractivity contribution is -0.134. The van der Waals surface area contributed by atoms with E-state index in [1.54, 1.807) is 20.1 Å². The van der Waals surface area contributed by atoms with Crippen molar-refractivity contribution in [3.05, 3.63) is 23.8 Å². The van der Waals surface area contributed by atoms with E-state index in [4.69, 9.17) is 14.5 Å². The number of nitrogens with zero attached hydrogens (tertiary/aromatic N) is 1. The molecular formula is C23H31NO3. The molecule has 1 aromatic carbocycles. The Balaban J connectivity index is 1.48. The highest BCUT2D eigenvalue weighted by atomic mass is 16.6. The Morgan fingerprint density at radius 2 is 1.81 bits per heavy atom. The van der Waals surface area contributed by atoms with Gasteiger partial charge in [0.1, 0.15) is 0 Å². The minimum absolute atomic E-state index is 0.259. The third kappa shape index (κ3) is 3.63. The lowest BCUT2D eigenvalue weighted by atomic mass is 9.48. The van der Waals surface area contributed by atoms with Crippen molar-refractivity contribution in [1.29, 1.82) is 0 Å². The molecule has 4 bridgehead atoms. The van der Waals surface area contributed by atoms with Crippen molar-refractivity contribution >= 4 is 12.2 Å². The molecule has 5 rings (SSSR count). The Morgan fingerprint density at radius 1 is 1.19 bits per heavy atom. The Morgan fingerprint density at radius 3 is 2.37 bits per heavy atom. The molecule has 0 spiro atoms. The summed E-state index contributed by atoms with van der Waals surface area (Å²) < 4.78 is 10.7. The molecule has 1 atom stereocenters. The molecule has 0 heterocycles. The van der Waals surface area contributed by atoms with Crippen molar-refractivity contribution in [2.24, 2.45) is 28.2 Å². The Kier molecular flexibility index (Phi) is 5.00. The summed E-state index contributed by atoms with van der Waals surface area (Å²) in [6.45, 7) is 4.08. The Bertz CT molecular complexity index is 704. The summed E-state index contributed by atoms with van der Waals surface area (Å²) in [5.74, 6) is 3.62. The van der Waals surface area contributed by atoms with Crippen LogP contribution in [0.4, 0.5) is 0 Å². The Hall–Kier alpha value is -1.84. The van der Waals surface area contributed by atoms with Crippen LogP contribution in [0, 0.1) is 23.2 Å². The number of ether oxygens (including phenoxy) is 2. The van der Waals surface area contributed by atoms with Crippen molar-refractivity contribution in [3.8, 4) is 11.5 Å². The summed E-state index contributed by atoms with van der Waals surface area (Å²) in [7, 11) is 1.59. The van der Waals surface area contributed by atoms with Gasteiger partial charge in [-0.15, -0.1) is 0 Å². The zero-order chi connectivity index (χ0) is 19.0. The zero-order valence-electron chi connectivity index (χ0n) is 16.7. The summed E-state index contributed by atoms with van der Waals surface area (Å²) in [5.41, 5.74) is 1.41. The van der Waals surface area contributed by atoms with Gasteiger partial charge < -0.3 is 9.47 Å². The predicted molar refractivity (Wildman–Crippen MR) is 107 cm³/mol. The number of hydrogen-bond acceptors (Lipinski definition) is 4. The first-order valence-corrected chi connectivity index (χ1v) is 10.4. The molecule has 0 radical (unpaired) electrons. The number of esters is 1. The number of benzene rings is 1. The molecule has 4 heteroatoms. The van der Waals surface area contributed by atoms with E-state index in [-0.39, 0.29) is 5.97 Å². The van der Waals surface area contributed by atoms with Crippen LogP contribution >= 0.6 is 0 Å². The van der Waals surface area contributed by atoms with Gasteiger partial charge in [0.25, 0.3) is 0 Å². The summed E-state index contributed by atoms with van der Waals surface area (Å²) in [6.07, 6.45) is 10.8. The maximum Gasteiger partial charge on any atom is 0.311 e. The van der Waals surface area contributed by atoms with Crippen LogP contribution < -0.4 is 9.47 Å². The fraction of sp³-hybridized carbons (Fsp3) is 0.652. The minimum atomic E-state index is -0.259. The van der Waals surface area contributed by atoms with Gasteiger partial charge in [0.15, 0.2) is 11.5 Å². The number of methoxy groups -OCH3 is 1. The maximum atomic E-state index is 11.6. The van der Waals surface area contributed by atoms with E-state index in [0.717, 1.165) is 23.3 Å². The first-order valence-electron chi connectivity index (χ1n) is 10.4. The van der Waals surface area contributed by atoms with E-state index in [2.05, 4.69) is 6.92 Å². The summed E-state index contributed by atoms with van der Waals surface area (Å²) >= 11 is 0. The quantitative estimate of drug-likeness (QED) is 0.401. The van der Waals surface area contributed by atoms with Crippen molar-refractivity contribution in [3.63, 3.8) is 0 Å². The molecule has 0 aliphatic heterocycles. The summed E-state index contributed by atoms with van der Waals surface area (Å²) in [4.78, 5) is 16.5. The number of carbonyl (C=O) groups is 1. The van der Waals surface area contributed by atoms with Crippen molar-refractivity contribution < 1.29 is 14.3 Å². The molecule has 0 N–H and O–H groups in total. The fourth-order valence-corrected chi connectivity index (χ4v) is 6.09. The highest BCUT2D eigenvalue weighted by Crippen LogP contribution is 2.61. The maximum absolute atomic E-state index is 11.6. The van der Waals surface area contributed by atoms with Crippen LogP contribution in [0.2, 0.25) is 0 Å². The van der Waals surface area contributed by atoms with Crippen LogP contribution in [0.15, 0.2) is 23.2 Å². The molecule has 4 aliphatic carbocycles. The molecule has 4 saturated carbocycles. The topological polar surface area (TPSA) is 47.9 Å². The van der Waals surface area contributed by atoms with Gasteiger partial charge in [0, 0.05) is 12.6 Å². The average Bonchev–Trinajstić information content (AvgIpc) is 2.65. The summed E-state index contributed by atoms with van der Waals surface area (Å²) in [6, 6.07) is 5.99. The first-order chi connectivity index (χ1) is 13.0. The smallest absolute Gasteiger partial charge is 0.311 e. The average molecular weight is 370 g/mol. The third-order valence-electron chi connectivity index (χ3n) is 7.12. The van der Waals surface area contributed by atoms with E-state index in [0.29, 0.717) is 29.4 Å². The first kappa shape index (κ1) is 18.5. The van der Waals surface area contributed by atoms with Crippen molar-refractivity contribution in [1.82, 2.24) is 0 Å². The number of aliphatic imine (C=N–C) groups is 1. The van der Waals surface area contributed by atoms with Gasteiger partial charge in [-0.3, -0.25) is 9.79 Å². The second-order valence-corrected chi connectivity index (χ2v) is 8.97. The third-order valence-corrected chi connectivity index (χ3v) is 7.12. The Labute approximate surface area is 162 Å². The second kappa shape index (κ2) is 7.29. The number of rotatable bonds is 6. The largest absolute Gasteiger partial charge is 0.493 e. The minimum Gasteiger partial charge on any atom is -0.493 e. The normalized spacial score (nSPS) is 32.6. The van der Waals surface area contributed by atoms with Gasteiger partial charge in [-0.05, 0) is 92.4 Å². The van der Waals surface area contributed by atoms with E-state index in [1.807, 2.05) is 18.3 Å². The van der Waals surface area contributed by atoms with Crippen LogP contribution in [0.5, 0.6) is 11.5 Å². The molecular weight excluding hydrogens is 338 g/mol.